The van der Waals surface area contributed by atoms with Gasteiger partial charge in [0.1, 0.15) is 6.61 Å². The summed E-state index contributed by atoms with van der Waals surface area (Å²) < 4.78 is 13.2. The molecule has 156 valence electrons. The highest BCUT2D eigenvalue weighted by molar-refractivity contribution is 7.99. The first-order chi connectivity index (χ1) is 15.3. The van der Waals surface area contributed by atoms with Gasteiger partial charge in [0, 0.05) is 11.3 Å². The molecule has 0 radical (unpaired) electrons. The van der Waals surface area contributed by atoms with Crippen LogP contribution in [0.1, 0.15) is 16.2 Å². The summed E-state index contributed by atoms with van der Waals surface area (Å²) in [5, 5.41) is 9.29. The molecule has 1 heterocycles. The number of carbonyl (C=O) groups is 1. The molecular weight excluding hydrogens is 410 g/mol. The minimum atomic E-state index is 0.0417. The molecule has 4 rings (SSSR count). The first-order valence-corrected chi connectivity index (χ1v) is 10.7. The van der Waals surface area contributed by atoms with Crippen molar-refractivity contribution >= 4 is 17.5 Å². The summed E-state index contributed by atoms with van der Waals surface area (Å²) in [6.07, 6.45) is 0. The van der Waals surface area contributed by atoms with E-state index in [4.69, 9.17) is 9.47 Å². The van der Waals surface area contributed by atoms with Crippen molar-refractivity contribution in [2.75, 3.05) is 12.9 Å². The topological polar surface area (TPSA) is 66.2 Å². The lowest BCUT2D eigenvalue weighted by atomic mass is 10.2. The van der Waals surface area contributed by atoms with Gasteiger partial charge in [-0.2, -0.15) is 0 Å². The second kappa shape index (κ2) is 9.95. The summed E-state index contributed by atoms with van der Waals surface area (Å²) >= 11 is 1.35. The predicted octanol–water partition coefficient (Wildman–Crippen LogP) is 4.83. The van der Waals surface area contributed by atoms with Gasteiger partial charge in [-0.3, -0.25) is 9.36 Å². The first kappa shape index (κ1) is 20.7. The molecular formula is C24H21N3O3S. The van der Waals surface area contributed by atoms with E-state index in [1.165, 1.54) is 11.8 Å². The molecule has 0 saturated carbocycles. The van der Waals surface area contributed by atoms with Crippen LogP contribution in [0.4, 0.5) is 0 Å². The lowest BCUT2D eigenvalue weighted by Gasteiger charge is -2.12. The zero-order valence-corrected chi connectivity index (χ0v) is 17.8. The lowest BCUT2D eigenvalue weighted by molar-refractivity contribution is 0.102. The Morgan fingerprint density at radius 1 is 0.871 bits per heavy atom. The Kier molecular flexibility index (Phi) is 6.64. The molecule has 3 aromatic carbocycles. The van der Waals surface area contributed by atoms with Gasteiger partial charge in [-0.15, -0.1) is 10.2 Å². The second-order valence-electron chi connectivity index (χ2n) is 6.59. The SMILES string of the molecule is COc1ccccc1OCc1nnc(SCC(=O)c2ccccc2)n1-c1ccccc1. The van der Waals surface area contributed by atoms with Gasteiger partial charge in [-0.25, -0.2) is 0 Å². The number of carbonyl (C=O) groups excluding carboxylic acids is 1. The van der Waals surface area contributed by atoms with Gasteiger partial charge < -0.3 is 9.47 Å². The van der Waals surface area contributed by atoms with Gasteiger partial charge in [0.25, 0.3) is 0 Å². The summed E-state index contributed by atoms with van der Waals surface area (Å²) in [5.74, 6) is 2.21. The normalized spacial score (nSPS) is 10.6. The van der Waals surface area contributed by atoms with Crippen molar-refractivity contribution in [2.45, 2.75) is 11.8 Å². The van der Waals surface area contributed by atoms with E-state index in [0.717, 1.165) is 5.69 Å². The molecule has 7 heteroatoms. The maximum Gasteiger partial charge on any atom is 0.196 e. The zero-order chi connectivity index (χ0) is 21.5. The number of benzene rings is 3. The summed E-state index contributed by atoms with van der Waals surface area (Å²) in [6.45, 7) is 0.204. The summed E-state index contributed by atoms with van der Waals surface area (Å²) in [7, 11) is 1.60. The number of ether oxygens (including phenoxy) is 2. The zero-order valence-electron chi connectivity index (χ0n) is 17.0. The summed E-state index contributed by atoms with van der Waals surface area (Å²) in [6, 6.07) is 26.5. The van der Waals surface area contributed by atoms with E-state index >= 15 is 0 Å². The Balaban J connectivity index is 1.56. The van der Waals surface area contributed by atoms with Crippen LogP contribution in [0.25, 0.3) is 5.69 Å². The van der Waals surface area contributed by atoms with Crippen molar-refractivity contribution < 1.29 is 14.3 Å². The molecule has 0 amide bonds. The Morgan fingerprint density at radius 3 is 2.23 bits per heavy atom. The highest BCUT2D eigenvalue weighted by Crippen LogP contribution is 2.28. The third kappa shape index (κ3) is 4.95. The smallest absolute Gasteiger partial charge is 0.196 e. The van der Waals surface area contributed by atoms with Crippen molar-refractivity contribution in [3.63, 3.8) is 0 Å². The van der Waals surface area contributed by atoms with Crippen LogP contribution in [0.5, 0.6) is 11.5 Å². The molecule has 0 unspecified atom stereocenters. The number of aromatic nitrogens is 3. The lowest BCUT2D eigenvalue weighted by Crippen LogP contribution is -2.08. The molecule has 0 spiro atoms. The van der Waals surface area contributed by atoms with Crippen LogP contribution >= 0.6 is 11.8 Å². The van der Waals surface area contributed by atoms with E-state index in [2.05, 4.69) is 10.2 Å². The van der Waals surface area contributed by atoms with E-state index in [-0.39, 0.29) is 18.1 Å². The summed E-state index contributed by atoms with van der Waals surface area (Å²) in [5.41, 5.74) is 1.58. The molecule has 0 aliphatic carbocycles. The van der Waals surface area contributed by atoms with Crippen LogP contribution in [0, 0.1) is 0 Å². The Bertz CT molecular complexity index is 1150. The number of rotatable bonds is 9. The fourth-order valence-electron chi connectivity index (χ4n) is 3.04. The van der Waals surface area contributed by atoms with Gasteiger partial charge in [0.15, 0.2) is 28.3 Å². The molecule has 6 nitrogen and oxygen atoms in total. The van der Waals surface area contributed by atoms with Crippen LogP contribution in [-0.4, -0.2) is 33.4 Å². The minimum Gasteiger partial charge on any atom is -0.493 e. The van der Waals surface area contributed by atoms with Crippen molar-refractivity contribution in [3.05, 3.63) is 96.3 Å². The minimum absolute atomic E-state index is 0.0417. The number of thioether (sulfide) groups is 1. The fraction of sp³-hybridized carbons (Fsp3) is 0.125. The highest BCUT2D eigenvalue weighted by Gasteiger charge is 2.17. The largest absolute Gasteiger partial charge is 0.493 e. The maximum atomic E-state index is 12.5. The monoisotopic (exact) mass is 431 g/mol. The second-order valence-corrected chi connectivity index (χ2v) is 7.53. The van der Waals surface area contributed by atoms with Gasteiger partial charge >= 0.3 is 0 Å². The van der Waals surface area contributed by atoms with E-state index in [9.17, 15) is 4.79 Å². The molecule has 0 atom stereocenters. The number of para-hydroxylation sites is 3. The third-order valence-corrected chi connectivity index (χ3v) is 5.50. The van der Waals surface area contributed by atoms with Gasteiger partial charge in [-0.1, -0.05) is 72.4 Å². The Morgan fingerprint density at radius 2 is 1.52 bits per heavy atom. The first-order valence-electron chi connectivity index (χ1n) is 9.73. The van der Waals surface area contributed by atoms with Crippen LogP contribution in [0.3, 0.4) is 0 Å². The molecule has 0 aliphatic rings. The molecule has 0 saturated heterocycles. The van der Waals surface area contributed by atoms with E-state index < -0.39 is 0 Å². The number of hydrogen-bond donors (Lipinski definition) is 0. The molecule has 1 aromatic heterocycles. The van der Waals surface area contributed by atoms with E-state index in [1.54, 1.807) is 7.11 Å². The van der Waals surface area contributed by atoms with Crippen molar-refractivity contribution in [2.24, 2.45) is 0 Å². The standard InChI is InChI=1S/C24H21N3O3S/c1-29-21-14-8-9-15-22(21)30-16-23-25-26-24(27(23)19-12-6-3-7-13-19)31-17-20(28)18-10-4-2-5-11-18/h2-15H,16-17H2,1H3. The van der Waals surface area contributed by atoms with Crippen molar-refractivity contribution in [1.29, 1.82) is 0 Å². The highest BCUT2D eigenvalue weighted by atomic mass is 32.2. The number of nitrogens with zero attached hydrogens (tertiary/aromatic N) is 3. The molecule has 0 aliphatic heterocycles. The van der Waals surface area contributed by atoms with Crippen LogP contribution in [-0.2, 0) is 6.61 Å². The fourth-order valence-corrected chi connectivity index (χ4v) is 3.91. The molecule has 31 heavy (non-hydrogen) atoms. The summed E-state index contributed by atoms with van der Waals surface area (Å²) in [4.78, 5) is 12.5. The van der Waals surface area contributed by atoms with Crippen LogP contribution in [0.15, 0.2) is 90.1 Å². The van der Waals surface area contributed by atoms with Crippen LogP contribution < -0.4 is 9.47 Å². The Hall–Kier alpha value is -3.58. The molecule has 0 N–H and O–H groups in total. The number of hydrogen-bond acceptors (Lipinski definition) is 6. The maximum absolute atomic E-state index is 12.5. The van der Waals surface area contributed by atoms with Crippen molar-refractivity contribution in [1.82, 2.24) is 14.8 Å². The number of ketones is 1. The third-order valence-electron chi connectivity index (χ3n) is 4.57. The molecule has 0 bridgehead atoms. The van der Waals surface area contributed by atoms with Gasteiger partial charge in [0.05, 0.1) is 12.9 Å². The average Bonchev–Trinajstić information content (AvgIpc) is 3.25. The number of methoxy groups -OCH3 is 1. The quantitative estimate of drug-likeness (QED) is 0.279. The average molecular weight is 432 g/mol. The number of Topliss-reactive ketones (excluding diaryl/α,β-unsaturated/α-hetero) is 1. The van der Waals surface area contributed by atoms with Gasteiger partial charge in [-0.05, 0) is 24.3 Å². The molecule has 0 fully saturated rings. The van der Waals surface area contributed by atoms with Crippen molar-refractivity contribution in [3.8, 4) is 17.2 Å². The van der Waals surface area contributed by atoms with E-state index in [1.807, 2.05) is 89.5 Å². The van der Waals surface area contributed by atoms with Gasteiger partial charge in [0.2, 0.25) is 0 Å². The van der Waals surface area contributed by atoms with Crippen LogP contribution in [0.2, 0.25) is 0 Å². The Labute approximate surface area is 184 Å². The van der Waals surface area contributed by atoms with E-state index in [0.29, 0.717) is 28.0 Å². The predicted molar refractivity (Wildman–Crippen MR) is 120 cm³/mol. The molecule has 4 aromatic rings.